The molecule has 112 valence electrons. The predicted molar refractivity (Wildman–Crippen MR) is 78.5 cm³/mol. The van der Waals surface area contributed by atoms with Crippen molar-refractivity contribution in [2.45, 2.75) is 38.1 Å². The van der Waals surface area contributed by atoms with Crippen LogP contribution in [0.5, 0.6) is 0 Å². The Balaban J connectivity index is 3.40. The van der Waals surface area contributed by atoms with Crippen LogP contribution in [0.25, 0.3) is 0 Å². The summed E-state index contributed by atoms with van der Waals surface area (Å²) < 4.78 is 26.5. The van der Waals surface area contributed by atoms with Crippen molar-refractivity contribution in [3.05, 3.63) is 23.8 Å². The van der Waals surface area contributed by atoms with Crippen LogP contribution in [0.1, 0.15) is 26.3 Å². The number of sulfonamides is 1. The molecule has 0 aliphatic carbocycles. The zero-order valence-electron chi connectivity index (χ0n) is 12.0. The Hall–Kier alpha value is -1.60. The SMILES string of the molecule is CCc1ccc(N)cc1S(=O)(=O)N(CC(N)=O)C(C)C. The molecule has 0 radical (unpaired) electrons. The average molecular weight is 299 g/mol. The highest BCUT2D eigenvalue weighted by Crippen LogP contribution is 2.24. The second kappa shape index (κ2) is 6.23. The summed E-state index contributed by atoms with van der Waals surface area (Å²) in [5.41, 5.74) is 11.8. The summed E-state index contributed by atoms with van der Waals surface area (Å²) in [6, 6.07) is 4.39. The van der Waals surface area contributed by atoms with Gasteiger partial charge in [-0.3, -0.25) is 4.79 Å². The van der Waals surface area contributed by atoms with Gasteiger partial charge in [0, 0.05) is 11.7 Å². The number of nitrogen functional groups attached to an aromatic ring is 1. The van der Waals surface area contributed by atoms with Gasteiger partial charge in [0.1, 0.15) is 0 Å². The van der Waals surface area contributed by atoms with Gasteiger partial charge in [0.15, 0.2) is 0 Å². The first-order valence-electron chi connectivity index (χ1n) is 6.38. The standard InChI is InChI=1S/C13H21N3O3S/c1-4-10-5-6-11(14)7-12(10)20(18,19)16(9(2)3)8-13(15)17/h5-7,9H,4,8,14H2,1-3H3,(H2,15,17). The van der Waals surface area contributed by atoms with Crippen molar-refractivity contribution in [3.8, 4) is 0 Å². The number of hydrogen-bond acceptors (Lipinski definition) is 4. The molecular weight excluding hydrogens is 278 g/mol. The summed E-state index contributed by atoms with van der Waals surface area (Å²) in [7, 11) is -3.81. The number of carbonyl (C=O) groups is 1. The van der Waals surface area contributed by atoms with E-state index in [9.17, 15) is 13.2 Å². The lowest BCUT2D eigenvalue weighted by Gasteiger charge is -2.25. The average Bonchev–Trinajstić information content (AvgIpc) is 2.35. The molecule has 7 heteroatoms. The molecule has 1 rings (SSSR count). The molecule has 0 unspecified atom stereocenters. The molecule has 0 saturated carbocycles. The number of anilines is 1. The lowest BCUT2D eigenvalue weighted by atomic mass is 10.1. The van der Waals surface area contributed by atoms with Crippen molar-refractivity contribution in [2.75, 3.05) is 12.3 Å². The Morgan fingerprint density at radius 1 is 1.35 bits per heavy atom. The van der Waals surface area contributed by atoms with Crippen LogP contribution in [-0.4, -0.2) is 31.2 Å². The molecule has 0 aliphatic heterocycles. The number of benzene rings is 1. The molecule has 6 nitrogen and oxygen atoms in total. The molecule has 1 aromatic rings. The van der Waals surface area contributed by atoms with Gasteiger partial charge >= 0.3 is 0 Å². The van der Waals surface area contributed by atoms with E-state index >= 15 is 0 Å². The normalized spacial score (nSPS) is 12.1. The number of nitrogens with zero attached hydrogens (tertiary/aromatic N) is 1. The van der Waals surface area contributed by atoms with Crippen molar-refractivity contribution in [3.63, 3.8) is 0 Å². The summed E-state index contributed by atoms with van der Waals surface area (Å²) in [4.78, 5) is 11.2. The lowest BCUT2D eigenvalue weighted by molar-refractivity contribution is -0.118. The number of primary amides is 1. The quantitative estimate of drug-likeness (QED) is 0.754. The van der Waals surface area contributed by atoms with Crippen LogP contribution >= 0.6 is 0 Å². The van der Waals surface area contributed by atoms with Gasteiger partial charge in [0.2, 0.25) is 15.9 Å². The molecule has 1 amide bonds. The number of carbonyl (C=O) groups excluding carboxylic acids is 1. The maximum atomic E-state index is 12.7. The third-order valence-electron chi connectivity index (χ3n) is 2.95. The van der Waals surface area contributed by atoms with Crippen LogP contribution < -0.4 is 11.5 Å². The third kappa shape index (κ3) is 3.49. The first-order valence-corrected chi connectivity index (χ1v) is 7.82. The van der Waals surface area contributed by atoms with E-state index in [-0.39, 0.29) is 17.5 Å². The van der Waals surface area contributed by atoms with E-state index in [2.05, 4.69) is 0 Å². The van der Waals surface area contributed by atoms with E-state index in [1.165, 1.54) is 6.07 Å². The Labute approximate surface area is 119 Å². The van der Waals surface area contributed by atoms with E-state index in [0.717, 1.165) is 4.31 Å². The molecular formula is C13H21N3O3S. The number of amides is 1. The van der Waals surface area contributed by atoms with E-state index in [1.54, 1.807) is 26.0 Å². The minimum atomic E-state index is -3.81. The molecule has 0 atom stereocenters. The highest BCUT2D eigenvalue weighted by molar-refractivity contribution is 7.89. The highest BCUT2D eigenvalue weighted by Gasteiger charge is 2.30. The van der Waals surface area contributed by atoms with Gasteiger partial charge in [0.25, 0.3) is 0 Å². The Morgan fingerprint density at radius 3 is 2.40 bits per heavy atom. The maximum Gasteiger partial charge on any atom is 0.244 e. The zero-order chi connectivity index (χ0) is 15.5. The number of aryl methyl sites for hydroxylation is 1. The summed E-state index contributed by atoms with van der Waals surface area (Å²) in [6.45, 7) is 4.90. The number of rotatable bonds is 6. The summed E-state index contributed by atoms with van der Waals surface area (Å²) in [6.07, 6.45) is 0.553. The minimum absolute atomic E-state index is 0.134. The molecule has 0 bridgehead atoms. The van der Waals surface area contributed by atoms with Crippen LogP contribution in [0, 0.1) is 0 Å². The van der Waals surface area contributed by atoms with Gasteiger partial charge in [-0.15, -0.1) is 0 Å². The largest absolute Gasteiger partial charge is 0.399 e. The van der Waals surface area contributed by atoms with E-state index in [0.29, 0.717) is 17.7 Å². The molecule has 0 aliphatic rings. The molecule has 0 saturated heterocycles. The van der Waals surface area contributed by atoms with Crippen LogP contribution in [0.3, 0.4) is 0 Å². The monoisotopic (exact) mass is 299 g/mol. The van der Waals surface area contributed by atoms with Crippen molar-refractivity contribution in [2.24, 2.45) is 5.73 Å². The van der Waals surface area contributed by atoms with Crippen LogP contribution in [-0.2, 0) is 21.2 Å². The van der Waals surface area contributed by atoms with Crippen molar-refractivity contribution < 1.29 is 13.2 Å². The second-order valence-electron chi connectivity index (χ2n) is 4.83. The predicted octanol–water partition coefficient (Wildman–Crippen LogP) is 0.716. The van der Waals surface area contributed by atoms with Gasteiger partial charge in [-0.25, -0.2) is 8.42 Å². The number of hydrogen-bond donors (Lipinski definition) is 2. The molecule has 4 N–H and O–H groups in total. The third-order valence-corrected chi connectivity index (χ3v) is 5.05. The first-order chi connectivity index (χ1) is 9.20. The molecule has 0 spiro atoms. The minimum Gasteiger partial charge on any atom is -0.399 e. The van der Waals surface area contributed by atoms with Gasteiger partial charge in [0.05, 0.1) is 11.4 Å². The van der Waals surface area contributed by atoms with Crippen molar-refractivity contribution in [1.82, 2.24) is 4.31 Å². The Morgan fingerprint density at radius 2 is 1.95 bits per heavy atom. The van der Waals surface area contributed by atoms with E-state index < -0.39 is 15.9 Å². The summed E-state index contributed by atoms with van der Waals surface area (Å²) in [5, 5.41) is 0. The Kier molecular flexibility index (Phi) is 5.13. The van der Waals surface area contributed by atoms with Gasteiger partial charge in [-0.1, -0.05) is 13.0 Å². The molecule has 0 heterocycles. The molecule has 0 fully saturated rings. The van der Waals surface area contributed by atoms with Crippen LogP contribution in [0.4, 0.5) is 5.69 Å². The molecule has 0 aromatic heterocycles. The van der Waals surface area contributed by atoms with Crippen LogP contribution in [0.2, 0.25) is 0 Å². The first kappa shape index (κ1) is 16.5. The van der Waals surface area contributed by atoms with Gasteiger partial charge in [-0.05, 0) is 38.0 Å². The highest BCUT2D eigenvalue weighted by atomic mass is 32.2. The Bertz CT molecular complexity index is 597. The van der Waals surface area contributed by atoms with Crippen molar-refractivity contribution >= 4 is 21.6 Å². The fourth-order valence-corrected chi connectivity index (χ4v) is 3.86. The fraction of sp³-hybridized carbons (Fsp3) is 0.462. The molecule has 1 aromatic carbocycles. The van der Waals surface area contributed by atoms with Gasteiger partial charge in [-0.2, -0.15) is 4.31 Å². The smallest absolute Gasteiger partial charge is 0.244 e. The maximum absolute atomic E-state index is 12.7. The lowest BCUT2D eigenvalue weighted by Crippen LogP contribution is -2.42. The van der Waals surface area contributed by atoms with Crippen LogP contribution in [0.15, 0.2) is 23.1 Å². The van der Waals surface area contributed by atoms with E-state index in [1.807, 2.05) is 6.92 Å². The fourth-order valence-electron chi connectivity index (χ4n) is 1.93. The topological polar surface area (TPSA) is 106 Å². The van der Waals surface area contributed by atoms with Gasteiger partial charge < -0.3 is 11.5 Å². The number of nitrogens with two attached hydrogens (primary N) is 2. The molecule has 20 heavy (non-hydrogen) atoms. The zero-order valence-corrected chi connectivity index (χ0v) is 12.8. The summed E-state index contributed by atoms with van der Waals surface area (Å²) >= 11 is 0. The van der Waals surface area contributed by atoms with Crippen molar-refractivity contribution in [1.29, 1.82) is 0 Å². The summed E-state index contributed by atoms with van der Waals surface area (Å²) in [5.74, 6) is -0.691. The van der Waals surface area contributed by atoms with E-state index in [4.69, 9.17) is 11.5 Å². The second-order valence-corrected chi connectivity index (χ2v) is 6.69.